The average molecular weight is 397 g/mol. The molecule has 26 heavy (non-hydrogen) atoms. The van der Waals surface area contributed by atoms with Crippen molar-refractivity contribution in [1.29, 1.82) is 0 Å². The van der Waals surface area contributed by atoms with E-state index in [-0.39, 0.29) is 0 Å². The second kappa shape index (κ2) is 8.27. The molecule has 1 aromatic heterocycles. The summed E-state index contributed by atoms with van der Waals surface area (Å²) in [6.07, 6.45) is -0.478. The zero-order valence-corrected chi connectivity index (χ0v) is 17.3. The van der Waals surface area contributed by atoms with Crippen LogP contribution in [0, 0.1) is 5.92 Å². The lowest BCUT2D eigenvalue weighted by molar-refractivity contribution is 0.195. The fourth-order valence-corrected chi connectivity index (χ4v) is 3.44. The third-order valence-corrected chi connectivity index (χ3v) is 4.64. The zero-order chi connectivity index (χ0) is 19.5. The van der Waals surface area contributed by atoms with Gasteiger partial charge >= 0.3 is 6.09 Å². The molecule has 0 bridgehead atoms. The number of nitrogens with zero attached hydrogens (tertiary/aromatic N) is 2. The summed E-state index contributed by atoms with van der Waals surface area (Å²) in [5, 5.41) is 12.7. The molecule has 0 aliphatic heterocycles. The molecule has 0 spiro atoms. The second-order valence-corrected chi connectivity index (χ2v) is 8.90. The van der Waals surface area contributed by atoms with Crippen LogP contribution in [0.15, 0.2) is 23.6 Å². The number of anilines is 1. The molecule has 142 valence electrons. The van der Waals surface area contributed by atoms with Gasteiger partial charge in [0.1, 0.15) is 11.6 Å². The van der Waals surface area contributed by atoms with Crippen molar-refractivity contribution in [3.8, 4) is 5.75 Å². The summed E-state index contributed by atoms with van der Waals surface area (Å²) in [5.41, 5.74) is 0.371. The van der Waals surface area contributed by atoms with E-state index >= 15 is 0 Å². The lowest BCUT2D eigenvalue weighted by Crippen LogP contribution is -2.45. The minimum atomic E-state index is -1.02. The van der Waals surface area contributed by atoms with Crippen molar-refractivity contribution in [2.75, 3.05) is 11.5 Å². The van der Waals surface area contributed by atoms with E-state index in [4.69, 9.17) is 16.3 Å². The lowest BCUT2D eigenvalue weighted by atomic mass is 10.1. The Bertz CT molecular complexity index is 768. The normalized spacial score (nSPS) is 11.7. The SMILES string of the molecule is CC(C)COc1ccc(Cl)cc1Cc1nc(N(C(=O)O)C(C)(C)C)cs1. The number of hydrogen-bond donors (Lipinski definition) is 1. The summed E-state index contributed by atoms with van der Waals surface area (Å²) in [7, 11) is 0. The van der Waals surface area contributed by atoms with Gasteiger partial charge in [-0.05, 0) is 44.9 Å². The molecule has 1 N–H and O–H groups in total. The molecule has 7 heteroatoms. The van der Waals surface area contributed by atoms with E-state index in [0.717, 1.165) is 16.3 Å². The Hall–Kier alpha value is -1.79. The van der Waals surface area contributed by atoms with Gasteiger partial charge in [0.2, 0.25) is 0 Å². The van der Waals surface area contributed by atoms with Gasteiger partial charge in [0.25, 0.3) is 0 Å². The maximum atomic E-state index is 11.6. The van der Waals surface area contributed by atoms with Gasteiger partial charge in [0.15, 0.2) is 0 Å². The molecule has 2 aromatic rings. The monoisotopic (exact) mass is 396 g/mol. The maximum Gasteiger partial charge on any atom is 0.413 e. The van der Waals surface area contributed by atoms with E-state index in [1.54, 1.807) is 11.4 Å². The molecule has 0 saturated carbocycles. The van der Waals surface area contributed by atoms with Crippen LogP contribution in [-0.2, 0) is 6.42 Å². The summed E-state index contributed by atoms with van der Waals surface area (Å²) in [6.45, 7) is 10.3. The van der Waals surface area contributed by atoms with Crippen molar-refractivity contribution in [2.24, 2.45) is 5.92 Å². The molecule has 1 heterocycles. The van der Waals surface area contributed by atoms with Crippen LogP contribution in [0.25, 0.3) is 0 Å². The number of carboxylic acid groups (broad SMARTS) is 1. The topological polar surface area (TPSA) is 62.7 Å². The molecule has 0 radical (unpaired) electrons. The van der Waals surface area contributed by atoms with Crippen LogP contribution in [0.5, 0.6) is 5.75 Å². The van der Waals surface area contributed by atoms with Gasteiger partial charge in [0.05, 0.1) is 11.6 Å². The smallest absolute Gasteiger partial charge is 0.413 e. The Kier molecular flexibility index (Phi) is 6.53. The predicted molar refractivity (Wildman–Crippen MR) is 107 cm³/mol. The third kappa shape index (κ3) is 5.35. The van der Waals surface area contributed by atoms with Gasteiger partial charge in [-0.2, -0.15) is 0 Å². The fraction of sp³-hybridized carbons (Fsp3) is 0.474. The number of aromatic nitrogens is 1. The van der Waals surface area contributed by atoms with E-state index in [2.05, 4.69) is 18.8 Å². The zero-order valence-electron chi connectivity index (χ0n) is 15.7. The van der Waals surface area contributed by atoms with Crippen molar-refractivity contribution >= 4 is 34.8 Å². The summed E-state index contributed by atoms with van der Waals surface area (Å²) in [6, 6.07) is 5.55. The molecule has 0 atom stereocenters. The number of carbonyl (C=O) groups is 1. The van der Waals surface area contributed by atoms with Gasteiger partial charge in [0, 0.05) is 27.9 Å². The molecular formula is C19H25ClN2O3S. The predicted octanol–water partition coefficient (Wildman–Crippen LogP) is 5.71. The summed E-state index contributed by atoms with van der Waals surface area (Å²) >= 11 is 7.57. The number of thiazole rings is 1. The van der Waals surface area contributed by atoms with Crippen LogP contribution < -0.4 is 9.64 Å². The molecule has 1 amide bonds. The van der Waals surface area contributed by atoms with Crippen LogP contribution in [0.1, 0.15) is 45.2 Å². The second-order valence-electron chi connectivity index (χ2n) is 7.52. The molecule has 0 fully saturated rings. The van der Waals surface area contributed by atoms with Crippen molar-refractivity contribution < 1.29 is 14.6 Å². The van der Waals surface area contributed by atoms with Gasteiger partial charge < -0.3 is 9.84 Å². The molecule has 0 aliphatic rings. The van der Waals surface area contributed by atoms with Crippen molar-refractivity contribution in [3.63, 3.8) is 0 Å². The Morgan fingerprint density at radius 1 is 1.38 bits per heavy atom. The molecule has 1 aromatic carbocycles. The van der Waals surface area contributed by atoms with E-state index < -0.39 is 11.6 Å². The minimum absolute atomic E-state index is 0.418. The highest BCUT2D eigenvalue weighted by Gasteiger charge is 2.29. The number of benzene rings is 1. The Balaban J connectivity index is 2.26. The van der Waals surface area contributed by atoms with Crippen LogP contribution in [-0.4, -0.2) is 28.3 Å². The third-order valence-electron chi connectivity index (χ3n) is 3.57. The van der Waals surface area contributed by atoms with E-state index in [0.29, 0.717) is 29.8 Å². The average Bonchev–Trinajstić information content (AvgIpc) is 2.92. The van der Waals surface area contributed by atoms with Crippen molar-refractivity contribution in [2.45, 2.75) is 46.6 Å². The first-order chi connectivity index (χ1) is 12.1. The Labute approximate surface area is 163 Å². The quantitative estimate of drug-likeness (QED) is 0.679. The summed E-state index contributed by atoms with van der Waals surface area (Å²) in [5.74, 6) is 1.64. The van der Waals surface area contributed by atoms with Crippen LogP contribution in [0.4, 0.5) is 10.6 Å². The molecular weight excluding hydrogens is 372 g/mol. The van der Waals surface area contributed by atoms with Crippen LogP contribution >= 0.6 is 22.9 Å². The van der Waals surface area contributed by atoms with Gasteiger partial charge in [-0.1, -0.05) is 25.4 Å². The number of rotatable bonds is 6. The first-order valence-electron chi connectivity index (χ1n) is 8.46. The molecule has 0 saturated heterocycles. The number of halogens is 1. The fourth-order valence-electron chi connectivity index (χ4n) is 2.46. The standard InChI is InChI=1S/C19H25ClN2O3S/c1-12(2)10-25-15-7-6-14(20)8-13(15)9-17-21-16(11-26-17)22(18(23)24)19(3,4)5/h6-8,11-12H,9-10H2,1-5H3,(H,23,24). The highest BCUT2D eigenvalue weighted by Crippen LogP contribution is 2.30. The highest BCUT2D eigenvalue weighted by atomic mass is 35.5. The van der Waals surface area contributed by atoms with E-state index in [9.17, 15) is 9.90 Å². The summed E-state index contributed by atoms with van der Waals surface area (Å²) in [4.78, 5) is 17.4. The van der Waals surface area contributed by atoms with Crippen molar-refractivity contribution in [3.05, 3.63) is 39.2 Å². The molecule has 2 rings (SSSR count). The van der Waals surface area contributed by atoms with E-state index in [1.807, 2.05) is 32.9 Å². The minimum Gasteiger partial charge on any atom is -0.493 e. The number of hydrogen-bond acceptors (Lipinski definition) is 4. The molecule has 0 aliphatic carbocycles. The largest absolute Gasteiger partial charge is 0.493 e. The molecule has 5 nitrogen and oxygen atoms in total. The number of ether oxygens (including phenoxy) is 1. The Morgan fingerprint density at radius 3 is 2.65 bits per heavy atom. The lowest BCUT2D eigenvalue weighted by Gasteiger charge is -2.31. The first-order valence-corrected chi connectivity index (χ1v) is 9.72. The summed E-state index contributed by atoms with van der Waals surface area (Å²) < 4.78 is 5.89. The van der Waals surface area contributed by atoms with Gasteiger partial charge in [-0.25, -0.2) is 9.78 Å². The highest BCUT2D eigenvalue weighted by molar-refractivity contribution is 7.10. The maximum absolute atomic E-state index is 11.6. The molecule has 0 unspecified atom stereocenters. The van der Waals surface area contributed by atoms with Crippen molar-refractivity contribution in [1.82, 2.24) is 4.98 Å². The van der Waals surface area contributed by atoms with E-state index in [1.165, 1.54) is 16.2 Å². The van der Waals surface area contributed by atoms with Gasteiger partial charge in [-0.3, -0.25) is 4.90 Å². The number of amides is 1. The van der Waals surface area contributed by atoms with Crippen LogP contribution in [0.2, 0.25) is 5.02 Å². The first kappa shape index (κ1) is 20.5. The Morgan fingerprint density at radius 2 is 2.08 bits per heavy atom. The van der Waals surface area contributed by atoms with Crippen LogP contribution in [0.3, 0.4) is 0 Å². The van der Waals surface area contributed by atoms with Gasteiger partial charge in [-0.15, -0.1) is 11.3 Å².